The molecule has 0 aliphatic rings. The molecule has 2 heteroatoms. The topological polar surface area (TPSA) is 0 Å². The van der Waals surface area contributed by atoms with Gasteiger partial charge >= 0.3 is 179 Å². The summed E-state index contributed by atoms with van der Waals surface area (Å²) in [6.45, 7) is 9.11. The molecule has 0 unspecified atom stereocenters. The molecular weight excluding hydrogens is 423 g/mol. The maximum atomic E-state index is 4.63. The van der Waals surface area contributed by atoms with Gasteiger partial charge in [-0.25, -0.2) is 0 Å². The summed E-state index contributed by atoms with van der Waals surface area (Å²) in [5.41, 5.74) is 4.13. The molecule has 0 N–H and O–H groups in total. The normalized spacial score (nSPS) is 13.1. The van der Waals surface area contributed by atoms with Crippen molar-refractivity contribution in [2.24, 2.45) is 0 Å². The van der Waals surface area contributed by atoms with Crippen molar-refractivity contribution < 1.29 is 0 Å². The van der Waals surface area contributed by atoms with E-state index in [4.69, 9.17) is 0 Å². The Labute approximate surface area is 179 Å². The zero-order valence-corrected chi connectivity index (χ0v) is 20.1. The molecule has 0 aliphatic carbocycles. The van der Waals surface area contributed by atoms with Crippen molar-refractivity contribution in [1.82, 2.24) is 0 Å². The second-order valence-electron chi connectivity index (χ2n) is 7.97. The van der Waals surface area contributed by atoms with Gasteiger partial charge in [0.1, 0.15) is 0 Å². The van der Waals surface area contributed by atoms with Gasteiger partial charge < -0.3 is 0 Å². The predicted octanol–water partition coefficient (Wildman–Crippen LogP) is 6.94. The quantitative estimate of drug-likeness (QED) is 0.267. The van der Waals surface area contributed by atoms with Crippen LogP contribution in [0.1, 0.15) is 42.9 Å². The molecule has 0 amide bonds. The van der Waals surface area contributed by atoms with Crippen molar-refractivity contribution in [3.05, 3.63) is 89.5 Å². The second-order valence-corrected chi connectivity index (χ2v) is 16.9. The van der Waals surface area contributed by atoms with Crippen LogP contribution in [0.4, 0.5) is 0 Å². The maximum absolute atomic E-state index is 4.63. The van der Waals surface area contributed by atoms with Crippen molar-refractivity contribution >= 4 is 36.7 Å². The number of hydrogen-bond acceptors (Lipinski definition) is 0. The molecule has 0 radical (unpaired) electrons. The van der Waals surface area contributed by atoms with Gasteiger partial charge in [0.25, 0.3) is 0 Å². The van der Waals surface area contributed by atoms with Crippen LogP contribution in [-0.2, 0) is 0 Å². The van der Waals surface area contributed by atoms with Crippen LogP contribution < -0.4 is 15.9 Å². The van der Waals surface area contributed by atoms with Gasteiger partial charge in [-0.1, -0.05) is 0 Å². The fraction of sp³-hybridized carbons (Fsp3) is 0.308. The molecule has 28 heavy (non-hydrogen) atoms. The van der Waals surface area contributed by atoms with Crippen molar-refractivity contribution in [2.75, 3.05) is 6.16 Å². The van der Waals surface area contributed by atoms with Crippen LogP contribution >= 0.6 is 20.8 Å². The third-order valence-corrected chi connectivity index (χ3v) is 16.2. The Balaban J connectivity index is 2.48. The zero-order valence-electron chi connectivity index (χ0n) is 17.6. The Morgan fingerprint density at radius 3 is 1.29 bits per heavy atom. The summed E-state index contributed by atoms with van der Waals surface area (Å²) in [4.78, 5) is 0. The van der Waals surface area contributed by atoms with Crippen LogP contribution in [-0.4, -0.2) is 6.16 Å². The van der Waals surface area contributed by atoms with Gasteiger partial charge in [-0.15, -0.1) is 0 Å². The van der Waals surface area contributed by atoms with E-state index in [1.807, 2.05) is 0 Å². The first-order chi connectivity index (χ1) is 13.4. The van der Waals surface area contributed by atoms with Crippen LogP contribution in [0.15, 0.2) is 72.8 Å². The van der Waals surface area contributed by atoms with Crippen LogP contribution in [0.2, 0.25) is 0 Å². The zero-order chi connectivity index (χ0) is 20.2. The average molecular weight is 455 g/mol. The second kappa shape index (κ2) is 8.52. The summed E-state index contributed by atoms with van der Waals surface area (Å²) in [6, 6.07) is 27.0. The number of unbranched alkanes of at least 4 members (excludes halogenated alkanes) is 2. The first-order valence-corrected chi connectivity index (χ1v) is 14.8. The third kappa shape index (κ3) is 3.49. The van der Waals surface area contributed by atoms with E-state index in [0.717, 1.165) is 6.16 Å². The van der Waals surface area contributed by atoms with Crippen molar-refractivity contribution in [2.45, 2.75) is 47.0 Å². The van der Waals surface area contributed by atoms with E-state index in [-0.39, 0.29) is 0 Å². The Morgan fingerprint density at radius 1 is 0.607 bits per heavy atom. The molecule has 0 saturated carbocycles. The number of hydrogen-bond donors (Lipinski definition) is 0. The van der Waals surface area contributed by atoms with E-state index in [0.29, 0.717) is 0 Å². The Bertz CT molecular complexity index is 846. The van der Waals surface area contributed by atoms with Gasteiger partial charge in [0.2, 0.25) is 0 Å². The fourth-order valence-electron chi connectivity index (χ4n) is 4.67. The van der Waals surface area contributed by atoms with Crippen LogP contribution in [0.5, 0.6) is 0 Å². The SMILES string of the molecule is CCCCCP(Br)(c1ccccc1C)(c1ccccc1C)c1ccccc1C. The summed E-state index contributed by atoms with van der Waals surface area (Å²) >= 11 is 4.63. The van der Waals surface area contributed by atoms with Crippen molar-refractivity contribution in [1.29, 1.82) is 0 Å². The first-order valence-electron chi connectivity index (χ1n) is 10.3. The average Bonchev–Trinajstić information content (AvgIpc) is 2.69. The van der Waals surface area contributed by atoms with Gasteiger partial charge in [0.05, 0.1) is 0 Å². The molecule has 0 aromatic heterocycles. The molecule has 0 aliphatic heterocycles. The molecule has 0 fully saturated rings. The minimum atomic E-state index is -2.80. The molecule has 3 aromatic carbocycles. The van der Waals surface area contributed by atoms with E-state index in [1.54, 1.807) is 0 Å². The van der Waals surface area contributed by atoms with Gasteiger partial charge in [-0.3, -0.25) is 0 Å². The molecule has 3 rings (SSSR count). The Kier molecular flexibility index (Phi) is 6.47. The predicted molar refractivity (Wildman–Crippen MR) is 133 cm³/mol. The molecule has 0 saturated heterocycles. The summed E-state index contributed by atoms with van der Waals surface area (Å²) < 4.78 is 0. The van der Waals surface area contributed by atoms with Gasteiger partial charge in [-0.05, 0) is 0 Å². The van der Waals surface area contributed by atoms with E-state index < -0.39 is 5.31 Å². The molecule has 0 spiro atoms. The van der Waals surface area contributed by atoms with Crippen LogP contribution in [0, 0.1) is 20.8 Å². The third-order valence-electron chi connectivity index (χ3n) is 6.03. The van der Waals surface area contributed by atoms with Gasteiger partial charge in [-0.2, -0.15) is 0 Å². The van der Waals surface area contributed by atoms with E-state index in [1.165, 1.54) is 51.9 Å². The molecule has 0 heterocycles. The van der Waals surface area contributed by atoms with Crippen LogP contribution in [0.25, 0.3) is 0 Å². The van der Waals surface area contributed by atoms with Crippen LogP contribution in [0.3, 0.4) is 0 Å². The van der Waals surface area contributed by atoms with E-state index >= 15 is 0 Å². The number of rotatable bonds is 7. The number of aryl methyl sites for hydroxylation is 3. The van der Waals surface area contributed by atoms with Crippen molar-refractivity contribution in [3.63, 3.8) is 0 Å². The minimum absolute atomic E-state index is 1.15. The number of halogens is 1. The Hall–Kier alpha value is -1.43. The Morgan fingerprint density at radius 2 is 0.964 bits per heavy atom. The molecular formula is C26H32BrP. The van der Waals surface area contributed by atoms with Gasteiger partial charge in [0, 0.05) is 0 Å². The summed E-state index contributed by atoms with van der Waals surface area (Å²) in [5, 5.41) is 1.64. The standard InChI is InChI=1S/C26H32BrP/c1-5-6-13-20-28(27,24-17-10-7-14-21(24)2,25-18-11-8-15-22(25)3)26-19-12-9-16-23(26)4/h7-12,14-19H,5-6,13,20H2,1-4H3. The van der Waals surface area contributed by atoms with E-state index in [2.05, 4.69) is 116 Å². The summed E-state index contributed by atoms with van der Waals surface area (Å²) in [5.74, 6) is 0. The fourth-order valence-corrected chi connectivity index (χ4v) is 14.9. The molecule has 0 atom stereocenters. The molecule has 3 aromatic rings. The molecule has 0 nitrogen and oxygen atoms in total. The van der Waals surface area contributed by atoms with Crippen molar-refractivity contribution in [3.8, 4) is 0 Å². The number of benzene rings is 3. The first kappa shape index (κ1) is 21.3. The summed E-state index contributed by atoms with van der Waals surface area (Å²) in [7, 11) is 0. The summed E-state index contributed by atoms with van der Waals surface area (Å²) in [6.07, 6.45) is 4.86. The molecule has 0 bridgehead atoms. The van der Waals surface area contributed by atoms with E-state index in [9.17, 15) is 0 Å². The monoisotopic (exact) mass is 454 g/mol. The molecule has 148 valence electrons. The van der Waals surface area contributed by atoms with Gasteiger partial charge in [0.15, 0.2) is 0 Å².